The third kappa shape index (κ3) is 2.70. The molecule has 17 heavy (non-hydrogen) atoms. The van der Waals surface area contributed by atoms with Crippen molar-refractivity contribution in [3.8, 4) is 0 Å². The lowest BCUT2D eigenvalue weighted by molar-refractivity contribution is -0.109. The zero-order chi connectivity index (χ0) is 12.3. The Labute approximate surface area is 108 Å². The molecule has 1 aromatic carbocycles. The van der Waals surface area contributed by atoms with Gasteiger partial charge in [0.25, 0.3) is 0 Å². The van der Waals surface area contributed by atoms with Crippen LogP contribution in [0.5, 0.6) is 0 Å². The van der Waals surface area contributed by atoms with Crippen molar-refractivity contribution in [3.05, 3.63) is 34.9 Å². The lowest BCUT2D eigenvalue weighted by Gasteiger charge is -2.40. The molecule has 92 valence electrons. The highest BCUT2D eigenvalue weighted by molar-refractivity contribution is 6.30. The number of nitrogens with zero attached hydrogens (tertiary/aromatic N) is 1. The van der Waals surface area contributed by atoms with Gasteiger partial charge in [-0.15, -0.1) is 0 Å². The molecule has 0 saturated carbocycles. The highest BCUT2D eigenvalue weighted by Crippen LogP contribution is 2.38. The number of hydrogen-bond donors (Lipinski definition) is 0. The summed E-state index contributed by atoms with van der Waals surface area (Å²) >= 11 is 6.06. The molecule has 0 N–H and O–H groups in total. The van der Waals surface area contributed by atoms with E-state index >= 15 is 0 Å². The number of hydrogen-bond acceptors (Lipinski definition) is 2. The minimum Gasteiger partial charge on any atom is -0.306 e. The van der Waals surface area contributed by atoms with Gasteiger partial charge < -0.3 is 9.69 Å². The highest BCUT2D eigenvalue weighted by Gasteiger charge is 2.35. The minimum atomic E-state index is -0.000833. The zero-order valence-electron chi connectivity index (χ0n) is 10.2. The molecule has 1 fully saturated rings. The Bertz CT molecular complexity index is 397. The molecule has 0 radical (unpaired) electrons. The van der Waals surface area contributed by atoms with Gasteiger partial charge in [-0.05, 0) is 50.7 Å². The molecule has 2 nitrogen and oxygen atoms in total. The molecule has 1 aromatic rings. The average Bonchev–Trinajstić information content (AvgIpc) is 2.33. The number of aldehydes is 1. The Hall–Kier alpha value is -0.860. The highest BCUT2D eigenvalue weighted by atomic mass is 35.5. The summed E-state index contributed by atoms with van der Waals surface area (Å²) in [5.74, 6) is 0. The fourth-order valence-electron chi connectivity index (χ4n) is 2.64. The van der Waals surface area contributed by atoms with Crippen LogP contribution in [0.2, 0.25) is 5.02 Å². The van der Waals surface area contributed by atoms with E-state index in [4.69, 9.17) is 11.6 Å². The van der Waals surface area contributed by atoms with Crippen LogP contribution in [0.3, 0.4) is 0 Å². The van der Waals surface area contributed by atoms with Crippen LogP contribution in [0.15, 0.2) is 24.3 Å². The number of rotatable bonds is 3. The van der Waals surface area contributed by atoms with E-state index in [1.54, 1.807) is 0 Å². The van der Waals surface area contributed by atoms with Crippen LogP contribution in [0.25, 0.3) is 0 Å². The monoisotopic (exact) mass is 251 g/mol. The smallest absolute Gasteiger partial charge is 0.120 e. The number of carbonyl (C=O) groups excluding carboxylic acids is 1. The van der Waals surface area contributed by atoms with Gasteiger partial charge in [0.2, 0.25) is 0 Å². The van der Waals surface area contributed by atoms with E-state index in [1.165, 1.54) is 5.56 Å². The summed E-state index contributed by atoms with van der Waals surface area (Å²) in [7, 11) is 2.13. The lowest BCUT2D eigenvalue weighted by Crippen LogP contribution is -2.41. The van der Waals surface area contributed by atoms with Crippen LogP contribution in [-0.2, 0) is 10.2 Å². The molecule has 1 aliphatic rings. The number of benzene rings is 1. The molecule has 3 heteroatoms. The summed E-state index contributed by atoms with van der Waals surface area (Å²) < 4.78 is 0. The van der Waals surface area contributed by atoms with Gasteiger partial charge in [-0.1, -0.05) is 23.7 Å². The molecule has 0 atom stereocenters. The van der Waals surface area contributed by atoms with Crippen molar-refractivity contribution in [2.75, 3.05) is 20.1 Å². The second-order valence-corrected chi connectivity index (χ2v) is 5.40. The Morgan fingerprint density at radius 2 is 2.12 bits per heavy atom. The van der Waals surface area contributed by atoms with Crippen molar-refractivity contribution in [1.82, 2.24) is 4.90 Å². The third-order valence-electron chi connectivity index (χ3n) is 3.86. The first-order chi connectivity index (χ1) is 8.16. The van der Waals surface area contributed by atoms with Crippen molar-refractivity contribution < 1.29 is 4.79 Å². The van der Waals surface area contributed by atoms with E-state index < -0.39 is 0 Å². The summed E-state index contributed by atoms with van der Waals surface area (Å²) in [4.78, 5) is 13.3. The maximum absolute atomic E-state index is 11.0. The van der Waals surface area contributed by atoms with Crippen LogP contribution < -0.4 is 0 Å². The van der Waals surface area contributed by atoms with Crippen molar-refractivity contribution in [1.29, 1.82) is 0 Å². The van der Waals surface area contributed by atoms with E-state index in [2.05, 4.69) is 18.0 Å². The molecule has 1 aliphatic heterocycles. The molecular weight excluding hydrogens is 234 g/mol. The number of carbonyl (C=O) groups is 1. The summed E-state index contributed by atoms with van der Waals surface area (Å²) in [6.45, 7) is 2.08. The normalized spacial score (nSPS) is 20.1. The fraction of sp³-hybridized carbons (Fsp3) is 0.500. The summed E-state index contributed by atoms with van der Waals surface area (Å²) in [5, 5.41) is 0.756. The van der Waals surface area contributed by atoms with Crippen molar-refractivity contribution >= 4 is 17.9 Å². The summed E-state index contributed by atoms with van der Waals surface area (Å²) in [6, 6.07) is 7.97. The molecule has 2 rings (SSSR count). The fourth-order valence-corrected chi connectivity index (χ4v) is 2.83. The first kappa shape index (κ1) is 12.6. The minimum absolute atomic E-state index is 0.000833. The number of likely N-dealkylation sites (tertiary alicyclic amines) is 1. The van der Waals surface area contributed by atoms with E-state index in [0.29, 0.717) is 6.42 Å². The molecular formula is C14H18ClNO. The largest absolute Gasteiger partial charge is 0.306 e. The topological polar surface area (TPSA) is 20.3 Å². The van der Waals surface area contributed by atoms with Gasteiger partial charge in [0.05, 0.1) is 0 Å². The standard InChI is InChI=1S/C14H18ClNO/c1-16-8-5-14(6-9-16,7-10-17)12-3-2-4-13(15)11-12/h2-4,10-11H,5-9H2,1H3. The van der Waals surface area contributed by atoms with Crippen LogP contribution in [0, 0.1) is 0 Å². The van der Waals surface area contributed by atoms with Gasteiger partial charge in [0, 0.05) is 16.9 Å². The third-order valence-corrected chi connectivity index (χ3v) is 4.09. The molecule has 0 amide bonds. The quantitative estimate of drug-likeness (QED) is 0.770. The average molecular weight is 252 g/mol. The van der Waals surface area contributed by atoms with Crippen LogP contribution in [0.1, 0.15) is 24.8 Å². The Kier molecular flexibility index (Phi) is 3.85. The van der Waals surface area contributed by atoms with E-state index in [0.717, 1.165) is 37.2 Å². The van der Waals surface area contributed by atoms with Crippen LogP contribution in [-0.4, -0.2) is 31.3 Å². The molecule has 0 aromatic heterocycles. The second-order valence-electron chi connectivity index (χ2n) is 4.96. The Morgan fingerprint density at radius 3 is 2.71 bits per heavy atom. The van der Waals surface area contributed by atoms with Gasteiger partial charge in [0.15, 0.2) is 0 Å². The second kappa shape index (κ2) is 5.19. The van der Waals surface area contributed by atoms with Gasteiger partial charge >= 0.3 is 0 Å². The maximum Gasteiger partial charge on any atom is 0.120 e. The molecule has 0 spiro atoms. The predicted octanol–water partition coefficient (Wildman–Crippen LogP) is 2.89. The Balaban J connectivity index is 2.30. The van der Waals surface area contributed by atoms with Gasteiger partial charge in [-0.2, -0.15) is 0 Å². The zero-order valence-corrected chi connectivity index (χ0v) is 10.9. The molecule has 1 saturated heterocycles. The van der Waals surface area contributed by atoms with Gasteiger partial charge in [-0.3, -0.25) is 0 Å². The lowest BCUT2D eigenvalue weighted by atomic mass is 9.71. The molecule has 0 bridgehead atoms. The van der Waals surface area contributed by atoms with E-state index in [9.17, 15) is 4.79 Å². The SMILES string of the molecule is CN1CCC(CC=O)(c2cccc(Cl)c2)CC1. The molecule has 0 unspecified atom stereocenters. The van der Waals surface area contributed by atoms with Gasteiger partial charge in [-0.25, -0.2) is 0 Å². The van der Waals surface area contributed by atoms with Crippen molar-refractivity contribution in [2.24, 2.45) is 0 Å². The molecule has 0 aliphatic carbocycles. The first-order valence-electron chi connectivity index (χ1n) is 6.04. The van der Waals surface area contributed by atoms with E-state index in [-0.39, 0.29) is 5.41 Å². The predicted molar refractivity (Wildman–Crippen MR) is 70.5 cm³/mol. The van der Waals surface area contributed by atoms with Crippen LogP contribution in [0.4, 0.5) is 0 Å². The number of piperidine rings is 1. The summed E-state index contributed by atoms with van der Waals surface area (Å²) in [6.07, 6.45) is 3.71. The number of halogens is 1. The Morgan fingerprint density at radius 1 is 1.41 bits per heavy atom. The van der Waals surface area contributed by atoms with Crippen molar-refractivity contribution in [3.63, 3.8) is 0 Å². The van der Waals surface area contributed by atoms with Crippen LogP contribution >= 0.6 is 11.6 Å². The summed E-state index contributed by atoms with van der Waals surface area (Å²) in [5.41, 5.74) is 1.21. The maximum atomic E-state index is 11.0. The van der Waals surface area contributed by atoms with E-state index in [1.807, 2.05) is 18.2 Å². The van der Waals surface area contributed by atoms with Crippen molar-refractivity contribution in [2.45, 2.75) is 24.7 Å². The first-order valence-corrected chi connectivity index (χ1v) is 6.42. The molecule has 1 heterocycles. The van der Waals surface area contributed by atoms with Gasteiger partial charge in [0.1, 0.15) is 6.29 Å².